The van der Waals surface area contributed by atoms with Gasteiger partial charge in [0.05, 0.1) is 18.0 Å². The molecule has 31 heavy (non-hydrogen) atoms. The van der Waals surface area contributed by atoms with Gasteiger partial charge in [-0.15, -0.1) is 24.0 Å². The molecule has 0 aliphatic rings. The third-order valence-corrected chi connectivity index (χ3v) is 5.12. The molecular weight excluding hydrogens is 531 g/mol. The van der Waals surface area contributed by atoms with Gasteiger partial charge in [-0.05, 0) is 43.2 Å². The zero-order valence-corrected chi connectivity index (χ0v) is 21.2. The van der Waals surface area contributed by atoms with Gasteiger partial charge in [-0.1, -0.05) is 24.3 Å². The average molecular weight is 562 g/mol. The van der Waals surface area contributed by atoms with Crippen LogP contribution in [0.5, 0.6) is 5.75 Å². The number of aliphatic imine (C=N–C) groups is 1. The van der Waals surface area contributed by atoms with Crippen LogP contribution in [0.4, 0.5) is 0 Å². The molecule has 0 aliphatic heterocycles. The summed E-state index contributed by atoms with van der Waals surface area (Å²) in [6.07, 6.45) is 0. The molecule has 2 aromatic carbocycles. The number of nitrogens with zero attached hydrogens (tertiary/aromatic N) is 1. The summed E-state index contributed by atoms with van der Waals surface area (Å²) >= 11 is 0. The van der Waals surface area contributed by atoms with E-state index in [1.807, 2.05) is 38.1 Å². The molecule has 2 rings (SSSR count). The molecule has 10 heteroatoms. The molecule has 0 atom stereocenters. The average Bonchev–Trinajstić information content (AvgIpc) is 2.71. The highest BCUT2D eigenvalue weighted by Gasteiger charge is 2.09. The number of methoxy groups -OCH3 is 1. The fourth-order valence-corrected chi connectivity index (χ4v) is 3.27. The lowest BCUT2D eigenvalue weighted by molar-refractivity contribution is 0.145. The molecule has 0 aliphatic carbocycles. The fraction of sp³-hybridized carbons (Fsp3) is 0.381. The Morgan fingerprint density at radius 3 is 2.58 bits per heavy atom. The lowest BCUT2D eigenvalue weighted by Crippen LogP contribution is -2.36. The molecule has 0 bridgehead atoms. The first kappa shape index (κ1) is 27.1. The number of guanidine groups is 1. The van der Waals surface area contributed by atoms with Crippen LogP contribution in [-0.2, 0) is 27.8 Å². The van der Waals surface area contributed by atoms with E-state index in [2.05, 4.69) is 15.6 Å². The summed E-state index contributed by atoms with van der Waals surface area (Å²) in [5.41, 5.74) is 2.86. The Labute approximate surface area is 201 Å². The van der Waals surface area contributed by atoms with Crippen LogP contribution in [0.1, 0.15) is 23.6 Å². The first-order valence-electron chi connectivity index (χ1n) is 9.68. The maximum absolute atomic E-state index is 11.5. The molecule has 0 fully saturated rings. The van der Waals surface area contributed by atoms with Crippen LogP contribution in [-0.4, -0.2) is 41.2 Å². The number of aryl methyl sites for hydroxylation is 1. The molecule has 0 heterocycles. The van der Waals surface area contributed by atoms with Crippen LogP contribution in [0.15, 0.2) is 52.4 Å². The third kappa shape index (κ3) is 9.42. The third-order valence-electron chi connectivity index (χ3n) is 4.20. The van der Waals surface area contributed by atoms with E-state index in [1.165, 1.54) is 12.1 Å². The van der Waals surface area contributed by atoms with Crippen LogP contribution in [0.3, 0.4) is 0 Å². The van der Waals surface area contributed by atoms with Crippen molar-refractivity contribution in [1.82, 2.24) is 10.6 Å². The lowest BCUT2D eigenvalue weighted by Gasteiger charge is -2.15. The van der Waals surface area contributed by atoms with Gasteiger partial charge in [0, 0.05) is 25.8 Å². The van der Waals surface area contributed by atoms with Crippen molar-refractivity contribution in [3.8, 4) is 5.75 Å². The highest BCUT2D eigenvalue weighted by molar-refractivity contribution is 14.0. The number of rotatable bonds is 10. The van der Waals surface area contributed by atoms with Gasteiger partial charge in [-0.25, -0.2) is 18.5 Å². The topological polar surface area (TPSA) is 115 Å². The second kappa shape index (κ2) is 13.5. The zero-order chi connectivity index (χ0) is 22.0. The Morgan fingerprint density at radius 1 is 1.13 bits per heavy atom. The maximum Gasteiger partial charge on any atom is 0.238 e. The highest BCUT2D eigenvalue weighted by atomic mass is 127. The van der Waals surface area contributed by atoms with E-state index in [0.717, 1.165) is 22.4 Å². The number of nitrogens with one attached hydrogen (secondary N) is 2. The van der Waals surface area contributed by atoms with Crippen molar-refractivity contribution >= 4 is 40.0 Å². The first-order chi connectivity index (χ1) is 14.3. The fourth-order valence-electron chi connectivity index (χ4n) is 2.69. The van der Waals surface area contributed by atoms with E-state index in [4.69, 9.17) is 14.6 Å². The molecule has 0 unspecified atom stereocenters. The second-order valence-electron chi connectivity index (χ2n) is 6.69. The summed E-state index contributed by atoms with van der Waals surface area (Å²) in [6.45, 7) is 6.50. The number of hydrogen-bond donors (Lipinski definition) is 3. The van der Waals surface area contributed by atoms with Gasteiger partial charge in [0.25, 0.3) is 0 Å². The van der Waals surface area contributed by atoms with Crippen LogP contribution >= 0.6 is 24.0 Å². The predicted molar refractivity (Wildman–Crippen MR) is 133 cm³/mol. The van der Waals surface area contributed by atoms with Gasteiger partial charge in [0.1, 0.15) is 12.4 Å². The molecule has 8 nitrogen and oxygen atoms in total. The van der Waals surface area contributed by atoms with Crippen LogP contribution in [0.25, 0.3) is 0 Å². The number of sulfonamides is 1. The van der Waals surface area contributed by atoms with Gasteiger partial charge < -0.3 is 20.1 Å². The highest BCUT2D eigenvalue weighted by Crippen LogP contribution is 2.20. The zero-order valence-electron chi connectivity index (χ0n) is 18.1. The smallest absolute Gasteiger partial charge is 0.238 e. The van der Waals surface area contributed by atoms with E-state index in [1.54, 1.807) is 13.2 Å². The van der Waals surface area contributed by atoms with E-state index in [0.29, 0.717) is 38.8 Å². The number of primary sulfonamides is 1. The summed E-state index contributed by atoms with van der Waals surface area (Å²) < 4.78 is 33.9. The quantitative estimate of drug-likeness (QED) is 0.178. The minimum atomic E-state index is -3.74. The van der Waals surface area contributed by atoms with Crippen LogP contribution in [0.2, 0.25) is 0 Å². The van der Waals surface area contributed by atoms with Crippen molar-refractivity contribution in [1.29, 1.82) is 0 Å². The molecule has 0 amide bonds. The SMILES string of the molecule is CCNC(=NCc1cccc(S(N)(=O)=O)c1)NCc1ccc(C)cc1OCCOC.I. The molecule has 0 radical (unpaired) electrons. The largest absolute Gasteiger partial charge is 0.491 e. The van der Waals surface area contributed by atoms with E-state index in [9.17, 15) is 8.42 Å². The number of hydrogen-bond acceptors (Lipinski definition) is 5. The van der Waals surface area contributed by atoms with E-state index >= 15 is 0 Å². The molecule has 0 saturated carbocycles. The Hall–Kier alpha value is -1.89. The Balaban J connectivity index is 0.00000480. The van der Waals surface area contributed by atoms with Gasteiger partial charge >= 0.3 is 0 Å². The van der Waals surface area contributed by atoms with Crippen molar-refractivity contribution in [2.24, 2.45) is 10.1 Å². The van der Waals surface area contributed by atoms with Gasteiger partial charge in [-0.3, -0.25) is 0 Å². The van der Waals surface area contributed by atoms with Gasteiger partial charge in [0.15, 0.2) is 5.96 Å². The van der Waals surface area contributed by atoms with Crippen molar-refractivity contribution in [3.05, 3.63) is 59.2 Å². The molecule has 0 saturated heterocycles. The lowest BCUT2D eigenvalue weighted by atomic mass is 10.1. The van der Waals surface area contributed by atoms with Crippen molar-refractivity contribution < 1.29 is 17.9 Å². The number of nitrogens with two attached hydrogens (primary N) is 1. The molecule has 4 N–H and O–H groups in total. The van der Waals surface area contributed by atoms with Crippen LogP contribution in [0, 0.1) is 6.92 Å². The summed E-state index contributed by atoms with van der Waals surface area (Å²) in [5, 5.41) is 11.7. The van der Waals surface area contributed by atoms with Crippen molar-refractivity contribution in [3.63, 3.8) is 0 Å². The molecule has 2 aromatic rings. The van der Waals surface area contributed by atoms with Crippen LogP contribution < -0.4 is 20.5 Å². The minimum Gasteiger partial charge on any atom is -0.491 e. The Bertz CT molecular complexity index is 968. The standard InChI is InChI=1S/C21H30N4O4S.HI/c1-4-23-21(24-14-17-6-5-7-19(13-17)30(22,26)27)25-15-18-9-8-16(2)12-20(18)29-11-10-28-3;/h5-9,12-13H,4,10-11,14-15H2,1-3H3,(H2,22,26,27)(H2,23,24,25);1H. The normalized spacial score (nSPS) is 11.5. The van der Waals surface area contributed by atoms with Gasteiger partial charge in [0.2, 0.25) is 10.0 Å². The second-order valence-corrected chi connectivity index (χ2v) is 8.25. The summed E-state index contributed by atoms with van der Waals surface area (Å²) in [6, 6.07) is 12.5. The Morgan fingerprint density at radius 2 is 1.90 bits per heavy atom. The maximum atomic E-state index is 11.5. The Kier molecular flexibility index (Phi) is 11.8. The number of ether oxygens (including phenoxy) is 2. The minimum absolute atomic E-state index is 0. The first-order valence-corrected chi connectivity index (χ1v) is 11.2. The molecule has 172 valence electrons. The predicted octanol–water partition coefficient (Wildman–Crippen LogP) is 2.54. The summed E-state index contributed by atoms with van der Waals surface area (Å²) in [7, 11) is -2.10. The van der Waals surface area contributed by atoms with E-state index < -0.39 is 10.0 Å². The van der Waals surface area contributed by atoms with Gasteiger partial charge in [-0.2, -0.15) is 0 Å². The summed E-state index contributed by atoms with van der Waals surface area (Å²) in [4.78, 5) is 4.62. The molecular formula is C21H31IN4O4S. The number of benzene rings is 2. The summed E-state index contributed by atoms with van der Waals surface area (Å²) in [5.74, 6) is 1.41. The van der Waals surface area contributed by atoms with Crippen molar-refractivity contribution in [2.45, 2.75) is 31.8 Å². The molecule has 0 spiro atoms. The molecule has 0 aromatic heterocycles. The van der Waals surface area contributed by atoms with E-state index in [-0.39, 0.29) is 28.9 Å². The van der Waals surface area contributed by atoms with Crippen molar-refractivity contribution in [2.75, 3.05) is 26.9 Å². The monoisotopic (exact) mass is 562 g/mol. The number of halogens is 1.